The van der Waals surface area contributed by atoms with Gasteiger partial charge in [-0.05, 0) is 48.1 Å². The number of halogens is 2. The van der Waals surface area contributed by atoms with Gasteiger partial charge in [-0.3, -0.25) is 0 Å². The largest absolute Gasteiger partial charge is 0.312 e. The molecule has 0 radical (unpaired) electrons. The minimum absolute atomic E-state index is 0.226. The van der Waals surface area contributed by atoms with Crippen molar-refractivity contribution in [2.24, 2.45) is 0 Å². The lowest BCUT2D eigenvalue weighted by molar-refractivity contribution is 0.621. The number of hydrogen-bond donors (Lipinski definition) is 1. The number of thiazole rings is 1. The molecular weight excluding hydrogens is 303 g/mol. The topological polar surface area (TPSA) is 24.9 Å². The molecule has 5 heteroatoms. The summed E-state index contributed by atoms with van der Waals surface area (Å²) in [5.74, 6) is -0.255. The number of aromatic nitrogens is 1. The zero-order valence-electron chi connectivity index (χ0n) is 9.50. The van der Waals surface area contributed by atoms with Crippen molar-refractivity contribution in [1.82, 2.24) is 10.3 Å². The molecule has 2 rings (SSSR count). The molecule has 17 heavy (non-hydrogen) atoms. The highest BCUT2D eigenvalue weighted by Crippen LogP contribution is 2.29. The molecule has 0 aliphatic carbocycles. The van der Waals surface area contributed by atoms with Gasteiger partial charge < -0.3 is 5.32 Å². The molecule has 0 bridgehead atoms. The summed E-state index contributed by atoms with van der Waals surface area (Å²) in [7, 11) is 1.90. The highest BCUT2D eigenvalue weighted by atomic mass is 79.9. The second-order valence-corrected chi connectivity index (χ2v) is 5.43. The van der Waals surface area contributed by atoms with E-state index in [4.69, 9.17) is 0 Å². The van der Waals surface area contributed by atoms with Crippen molar-refractivity contribution >= 4 is 27.3 Å². The Bertz CT molecular complexity index is 527. The maximum Gasteiger partial charge on any atom is 0.137 e. The fourth-order valence-corrected chi connectivity index (χ4v) is 2.68. The zero-order chi connectivity index (χ0) is 12.4. The average molecular weight is 315 g/mol. The van der Waals surface area contributed by atoms with Gasteiger partial charge in [-0.25, -0.2) is 9.37 Å². The van der Waals surface area contributed by atoms with E-state index in [-0.39, 0.29) is 11.9 Å². The summed E-state index contributed by atoms with van der Waals surface area (Å²) < 4.78 is 13.6. The number of nitrogens with zero attached hydrogens (tertiary/aromatic N) is 1. The Morgan fingerprint density at radius 3 is 2.88 bits per heavy atom. The minimum atomic E-state index is -0.255. The van der Waals surface area contributed by atoms with E-state index >= 15 is 0 Å². The van der Waals surface area contributed by atoms with Crippen molar-refractivity contribution in [3.05, 3.63) is 39.6 Å². The van der Waals surface area contributed by atoms with Gasteiger partial charge in [-0.1, -0.05) is 0 Å². The predicted molar refractivity (Wildman–Crippen MR) is 72.7 cm³/mol. The van der Waals surface area contributed by atoms with Crippen molar-refractivity contribution in [2.75, 3.05) is 7.05 Å². The predicted octanol–water partition coefficient (Wildman–Crippen LogP) is 3.99. The summed E-state index contributed by atoms with van der Waals surface area (Å²) in [4.78, 5) is 4.53. The van der Waals surface area contributed by atoms with Crippen LogP contribution in [0.25, 0.3) is 10.6 Å². The third kappa shape index (κ3) is 2.73. The normalized spacial score (nSPS) is 12.7. The maximum absolute atomic E-state index is 13.1. The fourth-order valence-electron chi connectivity index (χ4n) is 1.39. The number of hydrogen-bond acceptors (Lipinski definition) is 3. The van der Waals surface area contributed by atoms with E-state index in [0.29, 0.717) is 4.47 Å². The highest BCUT2D eigenvalue weighted by Gasteiger charge is 2.10. The van der Waals surface area contributed by atoms with Crippen molar-refractivity contribution in [1.29, 1.82) is 0 Å². The van der Waals surface area contributed by atoms with Crippen LogP contribution < -0.4 is 5.32 Å². The Kier molecular flexibility index (Phi) is 3.91. The summed E-state index contributed by atoms with van der Waals surface area (Å²) in [5.41, 5.74) is 1.94. The molecular formula is C12H12BrFN2S. The standard InChI is InChI=1S/C12H12BrFN2S/c1-7(15-2)11-6-17-12(16-11)8-3-4-10(14)9(13)5-8/h3-7,15H,1-2H3. The second kappa shape index (κ2) is 5.25. The Hall–Kier alpha value is -0.780. The van der Waals surface area contributed by atoms with Gasteiger partial charge in [0.15, 0.2) is 0 Å². The third-order valence-electron chi connectivity index (χ3n) is 2.57. The molecule has 0 spiro atoms. The van der Waals surface area contributed by atoms with Crippen molar-refractivity contribution in [3.63, 3.8) is 0 Å². The first-order valence-corrected chi connectivity index (χ1v) is 6.87. The Morgan fingerprint density at radius 1 is 1.47 bits per heavy atom. The number of nitrogens with one attached hydrogen (secondary N) is 1. The average Bonchev–Trinajstić information content (AvgIpc) is 2.81. The van der Waals surface area contributed by atoms with Gasteiger partial charge in [-0.2, -0.15) is 0 Å². The van der Waals surface area contributed by atoms with E-state index in [2.05, 4.69) is 33.2 Å². The lowest BCUT2D eigenvalue weighted by Crippen LogP contribution is -2.12. The summed E-state index contributed by atoms with van der Waals surface area (Å²) >= 11 is 4.75. The van der Waals surface area contributed by atoms with Gasteiger partial charge >= 0.3 is 0 Å². The summed E-state index contributed by atoms with van der Waals surface area (Å²) in [6, 6.07) is 5.17. The Labute approximate surface area is 112 Å². The van der Waals surface area contributed by atoms with E-state index in [1.165, 1.54) is 6.07 Å². The van der Waals surface area contributed by atoms with Crippen LogP contribution in [0, 0.1) is 5.82 Å². The van der Waals surface area contributed by atoms with E-state index in [9.17, 15) is 4.39 Å². The van der Waals surface area contributed by atoms with E-state index in [0.717, 1.165) is 16.3 Å². The molecule has 0 fully saturated rings. The van der Waals surface area contributed by atoms with Gasteiger partial charge in [-0.15, -0.1) is 11.3 Å². The van der Waals surface area contributed by atoms with Crippen LogP contribution in [0.1, 0.15) is 18.7 Å². The van der Waals surface area contributed by atoms with Gasteiger partial charge in [0.1, 0.15) is 10.8 Å². The zero-order valence-corrected chi connectivity index (χ0v) is 11.9. The van der Waals surface area contributed by atoms with Crippen molar-refractivity contribution in [3.8, 4) is 10.6 Å². The van der Waals surface area contributed by atoms with Gasteiger partial charge in [0, 0.05) is 17.0 Å². The molecule has 1 atom stereocenters. The van der Waals surface area contributed by atoms with Crippen LogP contribution in [0.2, 0.25) is 0 Å². The van der Waals surface area contributed by atoms with Crippen LogP contribution in [-0.2, 0) is 0 Å². The molecule has 0 amide bonds. The van der Waals surface area contributed by atoms with Crippen molar-refractivity contribution in [2.45, 2.75) is 13.0 Å². The highest BCUT2D eigenvalue weighted by molar-refractivity contribution is 9.10. The van der Waals surface area contributed by atoms with Crippen LogP contribution in [0.4, 0.5) is 4.39 Å². The number of rotatable bonds is 3. The van der Waals surface area contributed by atoms with E-state index in [1.807, 2.05) is 12.4 Å². The fraction of sp³-hybridized carbons (Fsp3) is 0.250. The molecule has 1 heterocycles. The quantitative estimate of drug-likeness (QED) is 0.926. The molecule has 2 nitrogen and oxygen atoms in total. The first kappa shape index (κ1) is 12.7. The second-order valence-electron chi connectivity index (χ2n) is 3.72. The van der Waals surface area contributed by atoms with Crippen LogP contribution in [0.3, 0.4) is 0 Å². The monoisotopic (exact) mass is 314 g/mol. The molecule has 2 aromatic rings. The van der Waals surface area contributed by atoms with Crippen LogP contribution in [0.5, 0.6) is 0 Å². The first-order valence-electron chi connectivity index (χ1n) is 5.20. The molecule has 0 saturated carbocycles. The molecule has 90 valence electrons. The smallest absolute Gasteiger partial charge is 0.137 e. The molecule has 1 aromatic carbocycles. The Morgan fingerprint density at radius 2 is 2.24 bits per heavy atom. The van der Waals surface area contributed by atoms with Crippen molar-refractivity contribution < 1.29 is 4.39 Å². The summed E-state index contributed by atoms with van der Waals surface area (Å²) in [5, 5.41) is 6.07. The molecule has 0 saturated heterocycles. The molecule has 1 aromatic heterocycles. The van der Waals surface area contributed by atoms with Crippen LogP contribution in [-0.4, -0.2) is 12.0 Å². The summed E-state index contributed by atoms with van der Waals surface area (Å²) in [6.45, 7) is 2.05. The van der Waals surface area contributed by atoms with E-state index in [1.54, 1.807) is 23.5 Å². The lowest BCUT2D eigenvalue weighted by Gasteiger charge is -2.05. The first-order chi connectivity index (χ1) is 8.11. The Balaban J connectivity index is 2.33. The van der Waals surface area contributed by atoms with Crippen LogP contribution in [0.15, 0.2) is 28.1 Å². The van der Waals surface area contributed by atoms with Gasteiger partial charge in [0.2, 0.25) is 0 Å². The lowest BCUT2D eigenvalue weighted by atomic mass is 10.2. The van der Waals surface area contributed by atoms with Crippen LogP contribution >= 0.6 is 27.3 Å². The molecule has 0 aliphatic rings. The summed E-state index contributed by atoms with van der Waals surface area (Å²) in [6.07, 6.45) is 0. The minimum Gasteiger partial charge on any atom is -0.312 e. The SMILES string of the molecule is CNC(C)c1csc(-c2ccc(F)c(Br)c2)n1. The maximum atomic E-state index is 13.1. The molecule has 1 unspecified atom stereocenters. The third-order valence-corrected chi connectivity index (χ3v) is 4.08. The van der Waals surface area contributed by atoms with Gasteiger partial charge in [0.05, 0.1) is 10.2 Å². The number of benzene rings is 1. The molecule has 0 aliphatic heterocycles. The van der Waals surface area contributed by atoms with Gasteiger partial charge in [0.25, 0.3) is 0 Å². The molecule has 1 N–H and O–H groups in total. The van der Waals surface area contributed by atoms with E-state index < -0.39 is 0 Å².